The molecule has 0 radical (unpaired) electrons. The number of fused-ring (bicyclic) bond motifs is 1. The molecule has 0 atom stereocenters. The van der Waals surface area contributed by atoms with Crippen LogP contribution in [0.15, 0.2) is 91.1 Å². The summed E-state index contributed by atoms with van der Waals surface area (Å²) in [6.07, 6.45) is 4.13. The minimum absolute atomic E-state index is 0.289. The number of benzene rings is 3. The molecule has 40 heavy (non-hydrogen) atoms. The van der Waals surface area contributed by atoms with Gasteiger partial charge in [-0.05, 0) is 81.5 Å². The van der Waals surface area contributed by atoms with Crippen LogP contribution in [0.3, 0.4) is 0 Å². The van der Waals surface area contributed by atoms with Crippen molar-refractivity contribution >= 4 is 11.7 Å². The Kier molecular flexibility index (Phi) is 6.37. The first-order chi connectivity index (χ1) is 19.2. The van der Waals surface area contributed by atoms with Gasteiger partial charge in [0.2, 0.25) is 0 Å². The molecule has 0 bridgehead atoms. The predicted octanol–water partition coefficient (Wildman–Crippen LogP) is 7.77. The van der Waals surface area contributed by atoms with Crippen molar-refractivity contribution < 1.29 is 13.9 Å². The van der Waals surface area contributed by atoms with Crippen molar-refractivity contribution in [2.45, 2.75) is 51.2 Å². The van der Waals surface area contributed by atoms with E-state index in [2.05, 4.69) is 46.7 Å². The lowest BCUT2D eigenvalue weighted by molar-refractivity contribution is 0.0377. The van der Waals surface area contributed by atoms with Crippen LogP contribution in [0, 0.1) is 5.82 Å². The quantitative estimate of drug-likeness (QED) is 0.250. The Morgan fingerprint density at radius 1 is 0.925 bits per heavy atom. The van der Waals surface area contributed by atoms with Gasteiger partial charge in [-0.15, -0.1) is 0 Å². The lowest BCUT2D eigenvalue weighted by Crippen LogP contribution is -2.52. The van der Waals surface area contributed by atoms with Gasteiger partial charge < -0.3 is 10.1 Å². The molecule has 2 heterocycles. The summed E-state index contributed by atoms with van der Waals surface area (Å²) in [5.74, 6) is -0.289. The maximum atomic E-state index is 13.6. The second-order valence-corrected chi connectivity index (χ2v) is 11.3. The van der Waals surface area contributed by atoms with E-state index in [1.807, 2.05) is 45.0 Å². The zero-order valence-electron chi connectivity index (χ0n) is 22.8. The van der Waals surface area contributed by atoms with Gasteiger partial charge in [-0.3, -0.25) is 0 Å². The molecule has 0 saturated heterocycles. The van der Waals surface area contributed by atoms with Gasteiger partial charge in [-0.2, -0.15) is 5.10 Å². The van der Waals surface area contributed by atoms with Gasteiger partial charge in [0.15, 0.2) is 5.65 Å². The fourth-order valence-electron chi connectivity index (χ4n) is 5.25. The largest absolute Gasteiger partial charge is 0.444 e. The minimum atomic E-state index is -0.558. The van der Waals surface area contributed by atoms with Gasteiger partial charge in [0, 0.05) is 16.7 Å². The fourth-order valence-corrected chi connectivity index (χ4v) is 5.25. The highest BCUT2D eigenvalue weighted by Gasteiger charge is 2.41. The molecule has 1 N–H and O–H groups in total. The zero-order chi connectivity index (χ0) is 27.9. The molecule has 0 unspecified atom stereocenters. The molecule has 2 aromatic heterocycles. The predicted molar refractivity (Wildman–Crippen MR) is 154 cm³/mol. The summed E-state index contributed by atoms with van der Waals surface area (Å²) in [5, 5.41) is 8.20. The van der Waals surface area contributed by atoms with Crippen LogP contribution in [0.5, 0.6) is 0 Å². The van der Waals surface area contributed by atoms with E-state index < -0.39 is 17.2 Å². The van der Waals surface area contributed by atoms with Crippen LogP contribution in [0.4, 0.5) is 9.18 Å². The average molecular weight is 535 g/mol. The number of alkyl carbamates (subject to hydrolysis) is 1. The van der Waals surface area contributed by atoms with Crippen LogP contribution in [0.2, 0.25) is 0 Å². The number of nitrogens with zero attached hydrogens (tertiary/aromatic N) is 3. The van der Waals surface area contributed by atoms with Crippen molar-refractivity contribution in [3.63, 3.8) is 0 Å². The van der Waals surface area contributed by atoms with Gasteiger partial charge in [0.05, 0.1) is 23.1 Å². The molecular formula is C33H31FN4O2. The summed E-state index contributed by atoms with van der Waals surface area (Å²) < 4.78 is 20.9. The number of hydrogen-bond acceptors (Lipinski definition) is 4. The van der Waals surface area contributed by atoms with Crippen molar-refractivity contribution in [1.82, 2.24) is 19.9 Å². The van der Waals surface area contributed by atoms with Crippen molar-refractivity contribution in [1.29, 1.82) is 0 Å². The number of halogens is 1. The summed E-state index contributed by atoms with van der Waals surface area (Å²) in [4.78, 5) is 17.2. The van der Waals surface area contributed by atoms with Gasteiger partial charge in [0.25, 0.3) is 0 Å². The highest BCUT2D eigenvalue weighted by Crippen LogP contribution is 2.42. The van der Waals surface area contributed by atoms with Crippen LogP contribution in [-0.4, -0.2) is 26.3 Å². The summed E-state index contributed by atoms with van der Waals surface area (Å²) >= 11 is 0. The SMILES string of the molecule is CC(C)(C)OC(=O)NC1(c2ccc(-c3nn4c(-c5ccc(F)cc5)cnc4cc3-c3ccccc3)cc2)CCC1. The van der Waals surface area contributed by atoms with E-state index in [0.29, 0.717) is 5.65 Å². The third-order valence-corrected chi connectivity index (χ3v) is 7.38. The first-order valence-electron chi connectivity index (χ1n) is 13.5. The lowest BCUT2D eigenvalue weighted by Gasteiger charge is -2.43. The van der Waals surface area contributed by atoms with E-state index in [-0.39, 0.29) is 5.82 Å². The monoisotopic (exact) mass is 534 g/mol. The van der Waals surface area contributed by atoms with Crippen LogP contribution in [0.1, 0.15) is 45.6 Å². The number of nitrogens with one attached hydrogen (secondary N) is 1. The smallest absolute Gasteiger partial charge is 0.408 e. The van der Waals surface area contributed by atoms with E-state index >= 15 is 0 Å². The van der Waals surface area contributed by atoms with Crippen molar-refractivity contribution in [3.8, 4) is 33.6 Å². The molecule has 3 aromatic carbocycles. The number of aromatic nitrogens is 3. The molecule has 6 nitrogen and oxygen atoms in total. The number of carbonyl (C=O) groups is 1. The van der Waals surface area contributed by atoms with E-state index in [4.69, 9.17) is 9.84 Å². The van der Waals surface area contributed by atoms with Gasteiger partial charge in [-0.1, -0.05) is 54.6 Å². The van der Waals surface area contributed by atoms with Crippen molar-refractivity contribution in [2.75, 3.05) is 0 Å². The fraction of sp³-hybridized carbons (Fsp3) is 0.242. The Bertz CT molecular complexity index is 1670. The number of imidazole rings is 1. The molecule has 0 aliphatic heterocycles. The number of carbonyl (C=O) groups excluding carboxylic acids is 1. The van der Waals surface area contributed by atoms with Crippen molar-refractivity contribution in [3.05, 3.63) is 103 Å². The summed E-state index contributed by atoms with van der Waals surface area (Å²) in [7, 11) is 0. The Hall–Kier alpha value is -4.52. The summed E-state index contributed by atoms with van der Waals surface area (Å²) in [5.41, 5.74) is 6.10. The van der Waals surface area contributed by atoms with Crippen molar-refractivity contribution in [2.24, 2.45) is 0 Å². The van der Waals surface area contributed by atoms with E-state index in [0.717, 1.165) is 58.5 Å². The normalized spacial score (nSPS) is 14.5. The molecule has 1 saturated carbocycles. The number of rotatable bonds is 5. The van der Waals surface area contributed by atoms with Gasteiger partial charge in [-0.25, -0.2) is 18.7 Å². The van der Waals surface area contributed by atoms with E-state index in [9.17, 15) is 9.18 Å². The van der Waals surface area contributed by atoms with Gasteiger partial charge >= 0.3 is 6.09 Å². The summed E-state index contributed by atoms with van der Waals surface area (Å²) in [6, 6.07) is 26.7. The maximum absolute atomic E-state index is 13.6. The van der Waals surface area contributed by atoms with Crippen LogP contribution >= 0.6 is 0 Å². The Balaban J connectivity index is 1.41. The first kappa shape index (κ1) is 25.7. The Morgan fingerprint density at radius 3 is 2.23 bits per heavy atom. The first-order valence-corrected chi connectivity index (χ1v) is 13.5. The number of amides is 1. The van der Waals surface area contributed by atoms with E-state index in [1.165, 1.54) is 12.1 Å². The van der Waals surface area contributed by atoms with Crippen LogP contribution < -0.4 is 5.32 Å². The topological polar surface area (TPSA) is 68.5 Å². The molecule has 1 amide bonds. The Labute approximate surface area is 232 Å². The molecule has 7 heteroatoms. The van der Waals surface area contributed by atoms with E-state index in [1.54, 1.807) is 22.8 Å². The molecule has 202 valence electrons. The maximum Gasteiger partial charge on any atom is 0.408 e. The molecule has 0 spiro atoms. The number of ether oxygens (including phenoxy) is 1. The average Bonchev–Trinajstić information content (AvgIpc) is 3.33. The highest BCUT2D eigenvalue weighted by atomic mass is 19.1. The third kappa shape index (κ3) is 4.95. The molecule has 5 aromatic rings. The molecular weight excluding hydrogens is 503 g/mol. The number of hydrogen-bond donors (Lipinski definition) is 1. The minimum Gasteiger partial charge on any atom is -0.444 e. The Morgan fingerprint density at radius 2 is 1.60 bits per heavy atom. The highest BCUT2D eigenvalue weighted by molar-refractivity contribution is 5.83. The second-order valence-electron chi connectivity index (χ2n) is 11.3. The standard InChI is InChI=1S/C33H31FN4O2/c1-32(2,3)40-31(39)36-33(18-7-19-33)25-14-10-24(11-15-25)30-27(22-8-5-4-6-9-22)20-29-35-21-28(38(29)37-30)23-12-16-26(34)17-13-23/h4-6,8-17,20-21H,7,18-19H2,1-3H3,(H,36,39). The third-order valence-electron chi connectivity index (χ3n) is 7.38. The van der Waals surface area contributed by atoms with Gasteiger partial charge in [0.1, 0.15) is 11.4 Å². The molecule has 1 aliphatic rings. The van der Waals surface area contributed by atoms with Crippen LogP contribution in [0.25, 0.3) is 39.3 Å². The summed E-state index contributed by atoms with van der Waals surface area (Å²) in [6.45, 7) is 5.60. The second kappa shape index (κ2) is 9.90. The zero-order valence-corrected chi connectivity index (χ0v) is 22.8. The molecule has 1 fully saturated rings. The van der Waals surface area contributed by atoms with Crippen LogP contribution in [-0.2, 0) is 10.3 Å². The lowest BCUT2D eigenvalue weighted by atomic mass is 9.71. The molecule has 1 aliphatic carbocycles. The molecule has 6 rings (SSSR count).